The highest BCUT2D eigenvalue weighted by molar-refractivity contribution is 5.38. The quantitative estimate of drug-likeness (QED) is 0.824. The Morgan fingerprint density at radius 2 is 1.33 bits per heavy atom. The number of hydrogen-bond donors (Lipinski definition) is 1. The average Bonchev–Trinajstić information content (AvgIpc) is 2.37. The lowest BCUT2D eigenvalue weighted by atomic mass is 9.96. The number of hydrogen-bond acceptors (Lipinski definition) is 1. The van der Waals surface area contributed by atoms with Gasteiger partial charge in [-0.25, -0.2) is 13.2 Å². The Kier molecular flexibility index (Phi) is 3.95. The summed E-state index contributed by atoms with van der Waals surface area (Å²) in [6.45, 7) is 0. The van der Waals surface area contributed by atoms with E-state index in [1.807, 2.05) is 0 Å². The van der Waals surface area contributed by atoms with E-state index in [0.717, 1.165) is 18.2 Å². The summed E-state index contributed by atoms with van der Waals surface area (Å²) < 4.78 is 77.8. The van der Waals surface area contributed by atoms with Gasteiger partial charge >= 0.3 is 6.18 Å². The molecule has 0 aliphatic heterocycles. The van der Waals surface area contributed by atoms with E-state index in [0.29, 0.717) is 12.1 Å². The summed E-state index contributed by atoms with van der Waals surface area (Å²) in [5, 5.41) is 9.91. The molecule has 0 aromatic heterocycles. The van der Waals surface area contributed by atoms with Crippen molar-refractivity contribution >= 4 is 0 Å². The van der Waals surface area contributed by atoms with Gasteiger partial charge in [-0.2, -0.15) is 13.2 Å². The predicted octanol–water partition coefficient (Wildman–Crippen LogP) is 4.20. The van der Waals surface area contributed by atoms with Gasteiger partial charge in [-0.1, -0.05) is 12.1 Å². The van der Waals surface area contributed by atoms with E-state index < -0.39 is 46.4 Å². The maximum absolute atomic E-state index is 13.5. The van der Waals surface area contributed by atoms with Crippen LogP contribution in [0, 0.1) is 17.5 Å². The molecular formula is C14H8F6O. The summed E-state index contributed by atoms with van der Waals surface area (Å²) in [7, 11) is 0. The zero-order chi connectivity index (χ0) is 15.8. The zero-order valence-electron chi connectivity index (χ0n) is 10.3. The summed E-state index contributed by atoms with van der Waals surface area (Å²) >= 11 is 0. The number of aliphatic hydroxyl groups excluding tert-OH is 1. The van der Waals surface area contributed by atoms with Crippen molar-refractivity contribution in [3.05, 3.63) is 70.5 Å². The Morgan fingerprint density at radius 1 is 0.810 bits per heavy atom. The third kappa shape index (κ3) is 3.18. The zero-order valence-corrected chi connectivity index (χ0v) is 10.3. The lowest BCUT2D eigenvalue weighted by Crippen LogP contribution is -2.14. The van der Waals surface area contributed by atoms with Crippen molar-refractivity contribution in [3.8, 4) is 0 Å². The number of rotatable bonds is 2. The normalized spacial score (nSPS) is 13.3. The van der Waals surface area contributed by atoms with Gasteiger partial charge in [0.05, 0.1) is 5.56 Å². The van der Waals surface area contributed by atoms with E-state index >= 15 is 0 Å². The topological polar surface area (TPSA) is 20.2 Å². The molecular weight excluding hydrogens is 298 g/mol. The summed E-state index contributed by atoms with van der Waals surface area (Å²) in [6, 6.07) is 3.72. The van der Waals surface area contributed by atoms with Crippen LogP contribution in [0.5, 0.6) is 0 Å². The highest BCUT2D eigenvalue weighted by atomic mass is 19.4. The van der Waals surface area contributed by atoms with Crippen LogP contribution in [0.3, 0.4) is 0 Å². The molecule has 0 heterocycles. The highest BCUT2D eigenvalue weighted by Gasteiger charge is 2.36. The van der Waals surface area contributed by atoms with Crippen molar-refractivity contribution in [3.63, 3.8) is 0 Å². The molecule has 2 aromatic carbocycles. The fourth-order valence-electron chi connectivity index (χ4n) is 1.90. The molecule has 1 unspecified atom stereocenters. The smallest absolute Gasteiger partial charge is 0.384 e. The van der Waals surface area contributed by atoms with Crippen LogP contribution in [0.25, 0.3) is 0 Å². The molecule has 7 heteroatoms. The lowest BCUT2D eigenvalue weighted by molar-refractivity contribution is -0.139. The molecule has 0 spiro atoms. The Bertz CT molecular complexity index is 665. The third-order valence-electron chi connectivity index (χ3n) is 2.87. The van der Waals surface area contributed by atoms with E-state index in [4.69, 9.17) is 0 Å². The van der Waals surface area contributed by atoms with Crippen LogP contribution in [-0.2, 0) is 6.18 Å². The van der Waals surface area contributed by atoms with Crippen LogP contribution in [0.1, 0.15) is 22.8 Å². The van der Waals surface area contributed by atoms with Crippen molar-refractivity contribution in [2.24, 2.45) is 0 Å². The van der Waals surface area contributed by atoms with E-state index in [1.165, 1.54) is 0 Å². The van der Waals surface area contributed by atoms with E-state index in [1.54, 1.807) is 0 Å². The number of aliphatic hydroxyl groups is 1. The first-order valence-electron chi connectivity index (χ1n) is 5.70. The molecule has 2 rings (SSSR count). The second-order valence-electron chi connectivity index (χ2n) is 4.30. The van der Waals surface area contributed by atoms with E-state index in [2.05, 4.69) is 0 Å². The summed E-state index contributed by atoms with van der Waals surface area (Å²) in [6.07, 6.45) is -6.92. The maximum Gasteiger partial charge on any atom is 0.416 e. The SMILES string of the molecule is OC(c1ccc(F)cc1F)c1ccc(F)cc1C(F)(F)F. The molecule has 112 valence electrons. The molecule has 0 saturated carbocycles. The molecule has 1 N–H and O–H groups in total. The van der Waals surface area contributed by atoms with Crippen LogP contribution in [0.2, 0.25) is 0 Å². The summed E-state index contributed by atoms with van der Waals surface area (Å²) in [5.41, 5.74) is -2.67. The van der Waals surface area contributed by atoms with E-state index in [-0.39, 0.29) is 6.07 Å². The van der Waals surface area contributed by atoms with Crippen molar-refractivity contribution in [1.82, 2.24) is 0 Å². The second-order valence-corrected chi connectivity index (χ2v) is 4.30. The minimum atomic E-state index is -4.92. The molecule has 0 aliphatic carbocycles. The van der Waals surface area contributed by atoms with Crippen molar-refractivity contribution in [1.29, 1.82) is 0 Å². The van der Waals surface area contributed by atoms with Gasteiger partial charge in [0.15, 0.2) is 0 Å². The highest BCUT2D eigenvalue weighted by Crippen LogP contribution is 2.37. The predicted molar refractivity (Wildman–Crippen MR) is 61.8 cm³/mol. The molecule has 0 amide bonds. The molecule has 1 nitrogen and oxygen atoms in total. The van der Waals surface area contributed by atoms with Gasteiger partial charge in [0.25, 0.3) is 0 Å². The van der Waals surface area contributed by atoms with Gasteiger partial charge < -0.3 is 5.11 Å². The molecule has 0 aliphatic rings. The van der Waals surface area contributed by atoms with E-state index in [9.17, 15) is 31.4 Å². The van der Waals surface area contributed by atoms with Crippen LogP contribution in [-0.4, -0.2) is 5.11 Å². The van der Waals surface area contributed by atoms with Crippen molar-refractivity contribution in [2.45, 2.75) is 12.3 Å². The molecule has 21 heavy (non-hydrogen) atoms. The van der Waals surface area contributed by atoms with Crippen LogP contribution in [0.15, 0.2) is 36.4 Å². The first-order chi connectivity index (χ1) is 9.70. The average molecular weight is 306 g/mol. The standard InChI is InChI=1S/C14H8F6O/c15-7-1-3-9(11(5-7)14(18,19)20)13(21)10-4-2-8(16)6-12(10)17/h1-6,13,21H. The molecule has 0 bridgehead atoms. The Balaban J connectivity index is 2.55. The van der Waals surface area contributed by atoms with Gasteiger partial charge in [0.2, 0.25) is 0 Å². The molecule has 0 fully saturated rings. The number of halogens is 6. The van der Waals surface area contributed by atoms with Gasteiger partial charge in [0.1, 0.15) is 23.6 Å². The minimum absolute atomic E-state index is 0.208. The Hall–Kier alpha value is -2.02. The van der Waals surface area contributed by atoms with Crippen molar-refractivity contribution < 1.29 is 31.4 Å². The molecule has 1 atom stereocenters. The second kappa shape index (κ2) is 5.40. The molecule has 0 radical (unpaired) electrons. The minimum Gasteiger partial charge on any atom is -0.384 e. The fourth-order valence-corrected chi connectivity index (χ4v) is 1.90. The lowest BCUT2D eigenvalue weighted by Gasteiger charge is -2.18. The first kappa shape index (κ1) is 15.4. The monoisotopic (exact) mass is 306 g/mol. The first-order valence-corrected chi connectivity index (χ1v) is 5.70. The fraction of sp³-hybridized carbons (Fsp3) is 0.143. The van der Waals surface area contributed by atoms with Crippen molar-refractivity contribution in [2.75, 3.05) is 0 Å². The summed E-state index contributed by atoms with van der Waals surface area (Å²) in [5.74, 6) is -3.27. The van der Waals surface area contributed by atoms with Crippen LogP contribution < -0.4 is 0 Å². The van der Waals surface area contributed by atoms with Crippen LogP contribution >= 0.6 is 0 Å². The molecule has 2 aromatic rings. The van der Waals surface area contributed by atoms with Gasteiger partial charge in [-0.15, -0.1) is 0 Å². The van der Waals surface area contributed by atoms with Gasteiger partial charge in [0, 0.05) is 11.6 Å². The van der Waals surface area contributed by atoms with Crippen LogP contribution in [0.4, 0.5) is 26.3 Å². The maximum atomic E-state index is 13.5. The summed E-state index contributed by atoms with van der Waals surface area (Å²) in [4.78, 5) is 0. The number of benzene rings is 2. The van der Waals surface area contributed by atoms with Gasteiger partial charge in [-0.05, 0) is 23.8 Å². The Morgan fingerprint density at radius 3 is 1.86 bits per heavy atom. The molecule has 0 saturated heterocycles. The third-order valence-corrected chi connectivity index (χ3v) is 2.87. The number of alkyl halides is 3. The largest absolute Gasteiger partial charge is 0.416 e. The Labute approximate surface area is 115 Å². The van der Waals surface area contributed by atoms with Gasteiger partial charge in [-0.3, -0.25) is 0 Å².